The number of aromatic carboxylic acids is 1. The van der Waals surface area contributed by atoms with Crippen LogP contribution in [0.5, 0.6) is 0 Å². The lowest BCUT2D eigenvalue weighted by Crippen LogP contribution is -2.35. The molecule has 2 aromatic heterocycles. The van der Waals surface area contributed by atoms with Crippen molar-refractivity contribution in [3.63, 3.8) is 0 Å². The molecular weight excluding hydrogens is 470 g/mol. The Morgan fingerprint density at radius 1 is 1.12 bits per heavy atom. The number of carboxylic acids is 1. The number of carboxylic acid groups (broad SMARTS) is 1. The third-order valence-electron chi connectivity index (χ3n) is 5.33. The molecule has 0 aliphatic carbocycles. The molecule has 174 valence electrons. The van der Waals surface area contributed by atoms with E-state index in [9.17, 15) is 22.8 Å². The van der Waals surface area contributed by atoms with Crippen LogP contribution in [0.1, 0.15) is 29.6 Å². The van der Waals surface area contributed by atoms with Crippen LogP contribution in [0.15, 0.2) is 50.5 Å². The van der Waals surface area contributed by atoms with E-state index in [-0.39, 0.29) is 10.5 Å². The number of amides is 2. The van der Waals surface area contributed by atoms with E-state index in [4.69, 9.17) is 9.52 Å². The number of benzene rings is 1. The van der Waals surface area contributed by atoms with Gasteiger partial charge in [-0.25, -0.2) is 22.8 Å². The van der Waals surface area contributed by atoms with Crippen molar-refractivity contribution in [1.29, 1.82) is 0 Å². The molecule has 0 radical (unpaired) electrons. The van der Waals surface area contributed by atoms with Crippen LogP contribution in [0.3, 0.4) is 0 Å². The molecule has 10 nitrogen and oxygen atoms in total. The second-order valence-corrected chi connectivity index (χ2v) is 10.5. The summed E-state index contributed by atoms with van der Waals surface area (Å²) < 4.78 is 32.4. The highest BCUT2D eigenvalue weighted by atomic mass is 32.2. The fraction of sp³-hybridized carbons (Fsp3) is 0.286. The van der Waals surface area contributed by atoms with E-state index in [1.807, 2.05) is 0 Å². The quantitative estimate of drug-likeness (QED) is 0.558. The first-order valence-corrected chi connectivity index (χ1v) is 12.4. The minimum absolute atomic E-state index is 0.171. The molecule has 3 heterocycles. The molecule has 2 amide bonds. The molecule has 33 heavy (non-hydrogen) atoms. The van der Waals surface area contributed by atoms with Crippen LogP contribution < -0.4 is 15.8 Å². The zero-order valence-electron chi connectivity index (χ0n) is 17.6. The SMILES string of the molecule is CN(C(=O)Nc1ccc(S(=O)(=O)N2CCCCC2)cc1)c1cc2oc(=O)c(C(=O)O)cc2s1. The predicted octanol–water partition coefficient (Wildman–Crippen LogP) is 3.40. The van der Waals surface area contributed by atoms with Gasteiger partial charge >= 0.3 is 17.6 Å². The Morgan fingerprint density at radius 2 is 1.79 bits per heavy atom. The number of thiophene rings is 1. The Bertz CT molecular complexity index is 1370. The van der Waals surface area contributed by atoms with Crippen LogP contribution in [0.25, 0.3) is 10.3 Å². The summed E-state index contributed by atoms with van der Waals surface area (Å²) >= 11 is 1.09. The lowest BCUT2D eigenvalue weighted by atomic mass is 10.2. The van der Waals surface area contributed by atoms with E-state index < -0.39 is 33.2 Å². The lowest BCUT2D eigenvalue weighted by molar-refractivity contribution is 0.0692. The fourth-order valence-corrected chi connectivity index (χ4v) is 5.99. The second kappa shape index (κ2) is 8.96. The van der Waals surface area contributed by atoms with Crippen LogP contribution in [-0.4, -0.2) is 50.0 Å². The maximum atomic E-state index is 12.8. The Hall–Kier alpha value is -3.22. The van der Waals surface area contributed by atoms with E-state index in [1.165, 1.54) is 52.7 Å². The molecule has 4 rings (SSSR count). The average Bonchev–Trinajstić information content (AvgIpc) is 3.21. The van der Waals surface area contributed by atoms with Crippen molar-refractivity contribution < 1.29 is 27.5 Å². The van der Waals surface area contributed by atoms with E-state index >= 15 is 0 Å². The van der Waals surface area contributed by atoms with Gasteiger partial charge in [0.05, 0.1) is 9.60 Å². The summed E-state index contributed by atoms with van der Waals surface area (Å²) in [4.78, 5) is 37.0. The molecular formula is C21H21N3O7S2. The number of carbonyl (C=O) groups excluding carboxylic acids is 1. The number of piperidine rings is 1. The second-order valence-electron chi connectivity index (χ2n) is 7.54. The molecule has 1 aliphatic rings. The number of nitrogens with zero attached hydrogens (tertiary/aromatic N) is 2. The van der Waals surface area contributed by atoms with Gasteiger partial charge in [0.25, 0.3) is 0 Å². The minimum Gasteiger partial charge on any atom is -0.477 e. The largest absolute Gasteiger partial charge is 0.477 e. The van der Waals surface area contributed by atoms with Gasteiger partial charge in [0.1, 0.15) is 10.6 Å². The number of anilines is 2. The molecule has 3 aromatic rings. The van der Waals surface area contributed by atoms with Gasteiger partial charge in [-0.2, -0.15) is 4.31 Å². The van der Waals surface area contributed by atoms with Gasteiger partial charge in [-0.3, -0.25) is 4.90 Å². The zero-order chi connectivity index (χ0) is 23.8. The highest BCUT2D eigenvalue weighted by Gasteiger charge is 2.26. The molecule has 0 saturated carbocycles. The van der Waals surface area contributed by atoms with Gasteiger partial charge in [-0.05, 0) is 43.2 Å². The summed E-state index contributed by atoms with van der Waals surface area (Å²) in [6.07, 6.45) is 2.72. The van der Waals surface area contributed by atoms with Crippen LogP contribution in [-0.2, 0) is 10.0 Å². The number of hydrogen-bond acceptors (Lipinski definition) is 7. The molecule has 0 unspecified atom stereocenters. The summed E-state index contributed by atoms with van der Waals surface area (Å²) in [5.74, 6) is -1.39. The van der Waals surface area contributed by atoms with Crippen molar-refractivity contribution in [3.8, 4) is 0 Å². The van der Waals surface area contributed by atoms with Gasteiger partial charge in [-0.15, -0.1) is 11.3 Å². The summed E-state index contributed by atoms with van der Waals surface area (Å²) in [5, 5.41) is 12.2. The molecule has 1 saturated heterocycles. The smallest absolute Gasteiger partial charge is 0.351 e. The number of carbonyl (C=O) groups is 2. The number of nitrogens with one attached hydrogen (secondary N) is 1. The van der Waals surface area contributed by atoms with Crippen molar-refractivity contribution in [2.75, 3.05) is 30.4 Å². The highest BCUT2D eigenvalue weighted by molar-refractivity contribution is 7.89. The number of fused-ring (bicyclic) bond motifs is 1. The number of sulfonamides is 1. The summed E-state index contributed by atoms with van der Waals surface area (Å²) in [6.45, 7) is 1.02. The van der Waals surface area contributed by atoms with Crippen molar-refractivity contribution >= 4 is 54.3 Å². The first kappa shape index (κ1) is 23.0. The summed E-state index contributed by atoms with van der Waals surface area (Å²) in [6, 6.07) is 8.14. The van der Waals surface area contributed by atoms with E-state index in [0.717, 1.165) is 30.6 Å². The van der Waals surface area contributed by atoms with Crippen LogP contribution in [0, 0.1) is 0 Å². The van der Waals surface area contributed by atoms with Gasteiger partial charge in [0, 0.05) is 31.9 Å². The van der Waals surface area contributed by atoms with Crippen molar-refractivity contribution in [2.24, 2.45) is 0 Å². The Morgan fingerprint density at radius 3 is 2.42 bits per heavy atom. The first-order valence-electron chi connectivity index (χ1n) is 10.1. The van der Waals surface area contributed by atoms with Gasteiger partial charge in [0.2, 0.25) is 10.0 Å². The Labute approximate surface area is 193 Å². The number of urea groups is 1. The van der Waals surface area contributed by atoms with Gasteiger partial charge < -0.3 is 14.8 Å². The molecule has 0 bridgehead atoms. The Balaban J connectivity index is 1.49. The maximum Gasteiger partial charge on any atom is 0.351 e. The third kappa shape index (κ3) is 4.63. The normalized spacial score (nSPS) is 14.8. The lowest BCUT2D eigenvalue weighted by Gasteiger charge is -2.25. The molecule has 1 aliphatic heterocycles. The summed E-state index contributed by atoms with van der Waals surface area (Å²) in [5.41, 5.74) is -0.865. The molecule has 0 atom stereocenters. The van der Waals surface area contributed by atoms with Crippen LogP contribution in [0.2, 0.25) is 0 Å². The van der Waals surface area contributed by atoms with Crippen molar-refractivity contribution in [2.45, 2.75) is 24.2 Å². The highest BCUT2D eigenvalue weighted by Crippen LogP contribution is 2.32. The topological polar surface area (TPSA) is 137 Å². The van der Waals surface area contributed by atoms with E-state index in [2.05, 4.69) is 5.32 Å². The fourth-order valence-electron chi connectivity index (χ4n) is 3.49. The molecule has 1 fully saturated rings. The first-order chi connectivity index (χ1) is 15.7. The Kier molecular flexibility index (Phi) is 6.23. The van der Waals surface area contributed by atoms with Crippen molar-refractivity contribution in [1.82, 2.24) is 4.31 Å². The number of rotatable bonds is 5. The third-order valence-corrected chi connectivity index (χ3v) is 8.39. The molecule has 12 heteroatoms. The average molecular weight is 492 g/mol. The van der Waals surface area contributed by atoms with Gasteiger partial charge in [-0.1, -0.05) is 6.42 Å². The predicted molar refractivity (Wildman–Crippen MR) is 124 cm³/mol. The summed E-state index contributed by atoms with van der Waals surface area (Å²) in [7, 11) is -2.06. The zero-order valence-corrected chi connectivity index (χ0v) is 19.2. The minimum atomic E-state index is -3.56. The number of hydrogen-bond donors (Lipinski definition) is 2. The molecule has 2 N–H and O–H groups in total. The monoisotopic (exact) mass is 491 g/mol. The van der Waals surface area contributed by atoms with E-state index in [0.29, 0.717) is 28.5 Å². The van der Waals surface area contributed by atoms with Crippen LogP contribution in [0.4, 0.5) is 15.5 Å². The van der Waals surface area contributed by atoms with Crippen LogP contribution >= 0.6 is 11.3 Å². The van der Waals surface area contributed by atoms with E-state index in [1.54, 1.807) is 0 Å². The van der Waals surface area contributed by atoms with Crippen molar-refractivity contribution in [3.05, 3.63) is 52.4 Å². The molecule has 1 aromatic carbocycles. The standard InChI is InChI=1S/C21H21N3O7S2/c1-23(18-12-16-17(32-18)11-15(19(25)26)20(27)31-16)21(28)22-13-5-7-14(8-6-13)33(29,30)24-9-3-2-4-10-24/h5-8,11-12H,2-4,9-10H2,1H3,(H,22,28)(H,25,26). The molecule has 0 spiro atoms. The maximum absolute atomic E-state index is 12.8. The van der Waals surface area contributed by atoms with Gasteiger partial charge in [0.15, 0.2) is 5.58 Å².